The van der Waals surface area contributed by atoms with Gasteiger partial charge in [-0.3, -0.25) is 0 Å². The summed E-state index contributed by atoms with van der Waals surface area (Å²) in [7, 11) is 0. The standard InChI is InChI=1S/C120H74N6O2/c1-117(93-55-22-17-46-84(93)106-88(51-31-61-99(106)117)113-123-114(126-115(125-113)91-54-30-50-83-82-45-20-28-64-103(82)127-109(83)91)90-53-33-63-101-108(90)86-48-19-27-60-98(86)120(101)95-57-24-15-42-78(95)79-43-16-25-58-96(79)120)71-73-67-69-92(110-105(73)87-49-21-29-65-104(87)128-110)116-122-111(72-66-68-81-80-44-14-23-56-94(80)119(102(81)70-72,76-38-10-4-11-39-76)77-40-12-5-13-41-77)121-112(124-116)89-52-32-62-100-107(89)85-47-18-26-59-97(85)118(100,74-34-6-2-7-35-74)75-36-8-3-9-37-75/h2-70H,71H2,1H3. The van der Waals surface area contributed by atoms with Gasteiger partial charge < -0.3 is 8.83 Å². The molecule has 0 saturated carbocycles. The second-order valence-electron chi connectivity index (χ2n) is 34.9. The van der Waals surface area contributed by atoms with Crippen LogP contribution in [-0.4, -0.2) is 29.9 Å². The van der Waals surface area contributed by atoms with E-state index in [4.69, 9.17) is 38.7 Å². The molecule has 0 radical (unpaired) electrons. The Labute approximate surface area is 738 Å². The highest BCUT2D eigenvalue weighted by Gasteiger charge is 2.54. The summed E-state index contributed by atoms with van der Waals surface area (Å²) in [5, 5.41) is 4.01. The van der Waals surface area contributed by atoms with Crippen molar-refractivity contribution in [3.63, 3.8) is 0 Å². The van der Waals surface area contributed by atoms with Gasteiger partial charge in [0.1, 0.15) is 22.3 Å². The molecule has 4 aromatic heterocycles. The fourth-order valence-electron chi connectivity index (χ4n) is 23.6. The van der Waals surface area contributed by atoms with Gasteiger partial charge in [0.2, 0.25) is 0 Å². The Bertz CT molecular complexity index is 8340. The zero-order valence-electron chi connectivity index (χ0n) is 69.5. The van der Waals surface area contributed by atoms with Crippen molar-refractivity contribution in [3.8, 4) is 124 Å². The third-order valence-corrected chi connectivity index (χ3v) is 28.7. The number of fused-ring (bicyclic) bond motifs is 25. The molecule has 1 atom stereocenters. The first kappa shape index (κ1) is 72.1. The molecule has 1 unspecified atom stereocenters. The third kappa shape index (κ3) is 9.83. The van der Waals surface area contributed by atoms with Gasteiger partial charge in [-0.1, -0.05) is 395 Å². The lowest BCUT2D eigenvalue weighted by molar-refractivity contribution is 0.585. The van der Waals surface area contributed by atoms with E-state index >= 15 is 0 Å². The molecule has 0 N–H and O–H groups in total. The molecule has 0 aliphatic heterocycles. The third-order valence-electron chi connectivity index (χ3n) is 28.7. The average molecular weight is 1630 g/mol. The number of rotatable bonds is 12. The summed E-state index contributed by atoms with van der Waals surface area (Å²) in [5.74, 6) is 3.20. The molecule has 8 nitrogen and oxygen atoms in total. The highest BCUT2D eigenvalue weighted by Crippen LogP contribution is 2.66. The summed E-state index contributed by atoms with van der Waals surface area (Å²) >= 11 is 0. The van der Waals surface area contributed by atoms with Gasteiger partial charge in [0.05, 0.1) is 27.4 Å². The Hall–Kier alpha value is -16.4. The molecule has 5 aliphatic carbocycles. The van der Waals surface area contributed by atoms with E-state index in [1.54, 1.807) is 0 Å². The largest absolute Gasteiger partial charge is 0.455 e. The number of nitrogens with zero attached hydrogens (tertiary/aromatic N) is 6. The van der Waals surface area contributed by atoms with Crippen LogP contribution in [0.2, 0.25) is 0 Å². The lowest BCUT2D eigenvalue weighted by Crippen LogP contribution is -2.28. The fraction of sp³-hybridized carbons (Fsp3) is 0.0500. The van der Waals surface area contributed by atoms with Crippen LogP contribution in [0.15, 0.2) is 427 Å². The average Bonchev–Trinajstić information content (AvgIpc) is 1.50. The normalized spacial score (nSPS) is 15.0. The molecular weight excluding hydrogens is 1560 g/mol. The maximum absolute atomic E-state index is 7.47. The van der Waals surface area contributed by atoms with Crippen LogP contribution >= 0.6 is 0 Å². The van der Waals surface area contributed by atoms with Crippen molar-refractivity contribution in [2.45, 2.75) is 35.0 Å². The molecule has 0 fully saturated rings. The molecule has 0 amide bonds. The number of furan rings is 2. The number of para-hydroxylation sites is 3. The van der Waals surface area contributed by atoms with Gasteiger partial charge in [-0.2, -0.15) is 0 Å². The van der Waals surface area contributed by atoms with E-state index in [-0.39, 0.29) is 0 Å². The van der Waals surface area contributed by atoms with Crippen molar-refractivity contribution >= 4 is 43.9 Å². The molecule has 18 aromatic carbocycles. The Morgan fingerprint density at radius 2 is 0.523 bits per heavy atom. The first-order valence-corrected chi connectivity index (χ1v) is 44.1. The molecule has 1 spiro atoms. The van der Waals surface area contributed by atoms with Crippen molar-refractivity contribution in [2.75, 3.05) is 0 Å². The van der Waals surface area contributed by atoms with E-state index in [1.165, 1.54) is 77.9 Å². The SMILES string of the molecule is CC1(Cc2ccc(-c3nc(-c4ccc5c(c4)C(c4ccccc4)(c4ccccc4)c4ccccc4-5)nc(-c4cccc5c4-c4ccccc4C5(c4ccccc4)c4ccccc4)n3)c3oc4ccccc4c23)c2ccccc2-c2c(-c3nc(-c4cccc5c4-c4ccccc4C54c5ccccc5-c5ccccc54)nc(-c4cccc5c4oc4ccccc45)n3)cccc21. The van der Waals surface area contributed by atoms with Gasteiger partial charge in [-0.05, 0) is 176 Å². The topological polar surface area (TPSA) is 104 Å². The highest BCUT2D eigenvalue weighted by atomic mass is 16.3. The van der Waals surface area contributed by atoms with Gasteiger partial charge in [0.15, 0.2) is 34.9 Å². The molecular formula is C120H74N6O2. The molecule has 8 heteroatoms. The van der Waals surface area contributed by atoms with Crippen LogP contribution in [0, 0.1) is 0 Å². The molecule has 0 saturated heterocycles. The van der Waals surface area contributed by atoms with Crippen molar-refractivity contribution in [2.24, 2.45) is 0 Å². The lowest BCUT2D eigenvalue weighted by Gasteiger charge is -2.34. The Morgan fingerprint density at radius 1 is 0.211 bits per heavy atom. The van der Waals surface area contributed by atoms with Crippen LogP contribution < -0.4 is 0 Å². The maximum atomic E-state index is 7.47. The number of hydrogen-bond donors (Lipinski definition) is 0. The monoisotopic (exact) mass is 1630 g/mol. The van der Waals surface area contributed by atoms with Crippen molar-refractivity contribution in [1.29, 1.82) is 0 Å². The highest BCUT2D eigenvalue weighted by molar-refractivity contribution is 6.13. The molecule has 0 bridgehead atoms. The minimum atomic E-state index is -0.689. The predicted octanol–water partition coefficient (Wildman–Crippen LogP) is 28.5. The van der Waals surface area contributed by atoms with Crippen LogP contribution in [0.3, 0.4) is 0 Å². The van der Waals surface area contributed by atoms with Crippen LogP contribution in [0.4, 0.5) is 0 Å². The van der Waals surface area contributed by atoms with E-state index < -0.39 is 21.7 Å². The summed E-state index contributed by atoms with van der Waals surface area (Å²) in [6, 6.07) is 152. The molecule has 22 aromatic rings. The summed E-state index contributed by atoms with van der Waals surface area (Å²) in [5.41, 5.74) is 34.8. The van der Waals surface area contributed by atoms with Gasteiger partial charge in [-0.25, -0.2) is 29.9 Å². The van der Waals surface area contributed by atoms with Gasteiger partial charge in [0.25, 0.3) is 0 Å². The van der Waals surface area contributed by atoms with Crippen LogP contribution in [0.5, 0.6) is 0 Å². The second-order valence-corrected chi connectivity index (χ2v) is 34.9. The number of hydrogen-bond acceptors (Lipinski definition) is 8. The first-order chi connectivity index (χ1) is 63.3. The van der Waals surface area contributed by atoms with Gasteiger partial charge in [0, 0.05) is 49.2 Å². The summed E-state index contributed by atoms with van der Waals surface area (Å²) < 4.78 is 14.4. The molecule has 596 valence electrons. The Balaban J connectivity index is 0.654. The van der Waals surface area contributed by atoms with Crippen molar-refractivity contribution < 1.29 is 8.83 Å². The maximum Gasteiger partial charge on any atom is 0.167 e. The molecule has 27 rings (SSSR count). The van der Waals surface area contributed by atoms with E-state index in [0.29, 0.717) is 47.0 Å². The zero-order valence-corrected chi connectivity index (χ0v) is 69.5. The number of benzene rings is 18. The molecule has 4 heterocycles. The zero-order chi connectivity index (χ0) is 84.1. The second kappa shape index (κ2) is 27.3. The number of aromatic nitrogens is 6. The Kier molecular flexibility index (Phi) is 15.4. The lowest BCUT2D eigenvalue weighted by atomic mass is 9.67. The minimum Gasteiger partial charge on any atom is -0.455 e. The van der Waals surface area contributed by atoms with Crippen molar-refractivity contribution in [3.05, 3.63) is 502 Å². The summed E-state index contributed by atoms with van der Waals surface area (Å²) in [6.45, 7) is 2.42. The van der Waals surface area contributed by atoms with Crippen LogP contribution in [-0.2, 0) is 28.1 Å². The first-order valence-electron chi connectivity index (χ1n) is 44.1. The molecule has 5 aliphatic rings. The van der Waals surface area contributed by atoms with Gasteiger partial charge in [-0.15, -0.1) is 0 Å². The van der Waals surface area contributed by atoms with Gasteiger partial charge >= 0.3 is 0 Å². The predicted molar refractivity (Wildman–Crippen MR) is 513 cm³/mol. The summed E-state index contributed by atoms with van der Waals surface area (Å²) in [6.07, 6.45) is 0.585. The van der Waals surface area contributed by atoms with E-state index in [0.717, 1.165) is 133 Å². The van der Waals surface area contributed by atoms with E-state index in [9.17, 15) is 0 Å². The van der Waals surface area contributed by atoms with Crippen LogP contribution in [0.25, 0.3) is 168 Å². The fourth-order valence-corrected chi connectivity index (χ4v) is 23.6. The quantitative estimate of drug-likeness (QED) is 0.119. The molecule has 128 heavy (non-hydrogen) atoms. The minimum absolute atomic E-state index is 0.487. The Morgan fingerprint density at radius 3 is 1.05 bits per heavy atom. The van der Waals surface area contributed by atoms with Crippen LogP contribution in [0.1, 0.15) is 90.4 Å². The van der Waals surface area contributed by atoms with E-state index in [1.807, 2.05) is 12.1 Å². The van der Waals surface area contributed by atoms with E-state index in [2.05, 4.69) is 413 Å². The smallest absolute Gasteiger partial charge is 0.167 e. The van der Waals surface area contributed by atoms with Crippen molar-refractivity contribution in [1.82, 2.24) is 29.9 Å². The summed E-state index contributed by atoms with van der Waals surface area (Å²) in [4.78, 5) is 34.8.